The molecule has 0 fully saturated rings. The summed E-state index contributed by atoms with van der Waals surface area (Å²) in [5, 5.41) is 3.10. The van der Waals surface area contributed by atoms with E-state index < -0.39 is 0 Å². The Morgan fingerprint density at radius 1 is 0.727 bits per heavy atom. The highest BCUT2D eigenvalue weighted by atomic mass is 27.1. The van der Waals surface area contributed by atoms with Crippen LogP contribution in [-0.4, -0.2) is 15.2 Å². The first-order valence-electron chi connectivity index (χ1n) is 5.23. The van der Waals surface area contributed by atoms with Crippen molar-refractivity contribution in [2.24, 2.45) is 0 Å². The molecule has 0 aromatic heterocycles. The molecule has 0 aliphatic carbocycles. The summed E-state index contributed by atoms with van der Waals surface area (Å²) >= 11 is 0.811. The van der Waals surface area contributed by atoms with Crippen LogP contribution in [-0.2, 0) is 0 Å². The Bertz CT molecular complexity index is 53.9. The number of hydrogen-bond donors (Lipinski definition) is 0. The van der Waals surface area contributed by atoms with Crippen molar-refractivity contribution in [2.75, 3.05) is 0 Å². The molecular formula is C10H22Al. The molecule has 0 aromatic carbocycles. The smallest absolute Gasteiger partial charge is 0.104 e. The first-order valence-corrected chi connectivity index (χ1v) is 6.86. The van der Waals surface area contributed by atoms with Crippen molar-refractivity contribution in [3.8, 4) is 0 Å². The second-order valence-electron chi connectivity index (χ2n) is 3.28. The quantitative estimate of drug-likeness (QED) is 0.382. The Balaban J connectivity index is 2.69. The predicted octanol–water partition coefficient (Wildman–Crippen LogP) is 3.91. The van der Waals surface area contributed by atoms with Gasteiger partial charge < -0.3 is 0 Å². The van der Waals surface area contributed by atoms with Gasteiger partial charge in [0.25, 0.3) is 0 Å². The maximum atomic E-state index is 2.29. The van der Waals surface area contributed by atoms with Gasteiger partial charge in [0, 0.05) is 0 Å². The zero-order chi connectivity index (χ0) is 8.36. The van der Waals surface area contributed by atoms with Gasteiger partial charge in [-0.1, -0.05) is 52.4 Å². The van der Waals surface area contributed by atoms with Gasteiger partial charge in [-0.2, -0.15) is 0 Å². The van der Waals surface area contributed by atoms with Gasteiger partial charge in [-0.05, 0) is 0 Å². The molecule has 0 bridgehead atoms. The SMILES string of the molecule is CCCCC[CH2][Al][CH2]CCC. The lowest BCUT2D eigenvalue weighted by Gasteiger charge is -1.97. The molecule has 0 saturated heterocycles. The fraction of sp³-hybridized carbons (Fsp3) is 1.00. The summed E-state index contributed by atoms with van der Waals surface area (Å²) in [6.45, 7) is 4.57. The van der Waals surface area contributed by atoms with Gasteiger partial charge in [-0.15, -0.1) is 10.6 Å². The number of hydrogen-bond acceptors (Lipinski definition) is 0. The summed E-state index contributed by atoms with van der Waals surface area (Å²) in [4.78, 5) is 0. The van der Waals surface area contributed by atoms with Gasteiger partial charge in [-0.25, -0.2) is 0 Å². The highest BCUT2D eigenvalue weighted by Gasteiger charge is 1.91. The van der Waals surface area contributed by atoms with Crippen LogP contribution in [0.5, 0.6) is 0 Å². The zero-order valence-corrected chi connectivity index (χ0v) is 9.39. The average molecular weight is 169 g/mol. The van der Waals surface area contributed by atoms with Crippen molar-refractivity contribution in [3.05, 3.63) is 0 Å². The molecule has 0 saturated carbocycles. The molecule has 0 N–H and O–H groups in total. The molecule has 1 heteroatoms. The van der Waals surface area contributed by atoms with E-state index in [9.17, 15) is 0 Å². The third kappa shape index (κ3) is 10.5. The molecule has 0 nitrogen and oxygen atoms in total. The van der Waals surface area contributed by atoms with Crippen molar-refractivity contribution in [1.82, 2.24) is 0 Å². The second kappa shape index (κ2) is 10.5. The Kier molecular flexibility index (Phi) is 11.0. The molecule has 0 aliphatic rings. The van der Waals surface area contributed by atoms with Crippen LogP contribution >= 0.6 is 0 Å². The minimum atomic E-state index is 0.811. The van der Waals surface area contributed by atoms with Crippen LogP contribution in [0.2, 0.25) is 10.6 Å². The summed E-state index contributed by atoms with van der Waals surface area (Å²) in [6.07, 6.45) is 8.69. The van der Waals surface area contributed by atoms with Crippen molar-refractivity contribution < 1.29 is 0 Å². The van der Waals surface area contributed by atoms with Crippen LogP contribution < -0.4 is 0 Å². The van der Waals surface area contributed by atoms with Gasteiger partial charge >= 0.3 is 0 Å². The lowest BCUT2D eigenvalue weighted by molar-refractivity contribution is 0.699. The largest absolute Gasteiger partial charge is 0.199 e. The van der Waals surface area contributed by atoms with Gasteiger partial charge in [0.1, 0.15) is 0 Å². The Morgan fingerprint density at radius 2 is 1.36 bits per heavy atom. The van der Waals surface area contributed by atoms with Crippen LogP contribution in [0.15, 0.2) is 0 Å². The molecule has 0 amide bonds. The topological polar surface area (TPSA) is 0 Å². The van der Waals surface area contributed by atoms with Gasteiger partial charge in [0.2, 0.25) is 0 Å². The molecule has 1 radical (unpaired) electrons. The lowest BCUT2D eigenvalue weighted by Crippen LogP contribution is -1.88. The molecule has 0 aliphatic heterocycles. The minimum Gasteiger partial charge on any atom is -0.104 e. The van der Waals surface area contributed by atoms with Crippen molar-refractivity contribution >= 4 is 15.2 Å². The van der Waals surface area contributed by atoms with E-state index in [1.54, 1.807) is 10.6 Å². The summed E-state index contributed by atoms with van der Waals surface area (Å²) in [5.41, 5.74) is 0. The Labute approximate surface area is 78.5 Å². The molecule has 11 heavy (non-hydrogen) atoms. The first-order chi connectivity index (χ1) is 5.41. The molecule has 0 spiro atoms. The average Bonchev–Trinajstić information content (AvgIpc) is 2.03. The predicted molar refractivity (Wildman–Crippen MR) is 54.4 cm³/mol. The Morgan fingerprint density at radius 3 is 2.00 bits per heavy atom. The lowest BCUT2D eigenvalue weighted by atomic mass is 10.2. The zero-order valence-electron chi connectivity index (χ0n) is 8.23. The van der Waals surface area contributed by atoms with Crippen LogP contribution in [0.1, 0.15) is 52.4 Å². The maximum absolute atomic E-state index is 2.29. The molecule has 0 rings (SSSR count). The first kappa shape index (κ1) is 11.5. The summed E-state index contributed by atoms with van der Waals surface area (Å²) in [7, 11) is 0. The summed E-state index contributed by atoms with van der Waals surface area (Å²) < 4.78 is 0. The van der Waals surface area contributed by atoms with Crippen LogP contribution in [0.3, 0.4) is 0 Å². The van der Waals surface area contributed by atoms with Gasteiger partial charge in [0.15, 0.2) is 15.2 Å². The van der Waals surface area contributed by atoms with E-state index >= 15 is 0 Å². The van der Waals surface area contributed by atoms with Gasteiger partial charge in [0.05, 0.1) is 0 Å². The maximum Gasteiger partial charge on any atom is 0.199 e. The minimum absolute atomic E-state index is 0.811. The van der Waals surface area contributed by atoms with Gasteiger partial charge in [-0.3, -0.25) is 0 Å². The summed E-state index contributed by atoms with van der Waals surface area (Å²) in [5.74, 6) is 0. The van der Waals surface area contributed by atoms with E-state index in [1.807, 2.05) is 0 Å². The van der Waals surface area contributed by atoms with Crippen molar-refractivity contribution in [3.63, 3.8) is 0 Å². The molecular weight excluding hydrogens is 147 g/mol. The van der Waals surface area contributed by atoms with E-state index in [-0.39, 0.29) is 0 Å². The van der Waals surface area contributed by atoms with E-state index in [2.05, 4.69) is 13.8 Å². The number of unbranched alkanes of at least 4 members (excludes halogenated alkanes) is 4. The van der Waals surface area contributed by atoms with Crippen LogP contribution in [0.25, 0.3) is 0 Å². The standard InChI is InChI=1S/C6H13.C4H9.Al/c1-3-5-6-4-2;1-3-4-2;/h1,3-6H2,2H3;1,3-4H2,2H3;. The molecule has 65 valence electrons. The van der Waals surface area contributed by atoms with E-state index in [4.69, 9.17) is 0 Å². The monoisotopic (exact) mass is 169 g/mol. The van der Waals surface area contributed by atoms with E-state index in [0.717, 1.165) is 15.2 Å². The fourth-order valence-corrected chi connectivity index (χ4v) is 2.77. The van der Waals surface area contributed by atoms with Crippen molar-refractivity contribution in [2.45, 2.75) is 62.9 Å². The Hall–Kier alpha value is 0.532. The van der Waals surface area contributed by atoms with E-state index in [1.165, 1.54) is 38.5 Å². The third-order valence-electron chi connectivity index (χ3n) is 2.02. The second-order valence-corrected chi connectivity index (χ2v) is 5.01. The fourth-order valence-electron chi connectivity index (χ4n) is 1.21. The number of rotatable bonds is 8. The third-order valence-corrected chi connectivity index (χ3v) is 3.66. The highest BCUT2D eigenvalue weighted by Crippen LogP contribution is 2.04. The molecule has 0 aromatic rings. The van der Waals surface area contributed by atoms with E-state index in [0.29, 0.717) is 0 Å². The van der Waals surface area contributed by atoms with Crippen molar-refractivity contribution in [1.29, 1.82) is 0 Å². The highest BCUT2D eigenvalue weighted by molar-refractivity contribution is 6.35. The van der Waals surface area contributed by atoms with Crippen LogP contribution in [0, 0.1) is 0 Å². The van der Waals surface area contributed by atoms with Crippen LogP contribution in [0.4, 0.5) is 0 Å². The molecule has 0 heterocycles. The molecule has 0 atom stereocenters. The summed E-state index contributed by atoms with van der Waals surface area (Å²) in [6, 6.07) is 0. The normalized spacial score (nSPS) is 10.0. The molecule has 0 unspecified atom stereocenters.